The lowest BCUT2D eigenvalue weighted by atomic mass is 10.1. The Kier molecular flexibility index (Phi) is 8.53. The minimum Gasteiger partial charge on any atom is -1.00 e. The number of carbonyl (C=O) groups excluding carboxylic acids is 1. The quantitative estimate of drug-likeness (QED) is 0.136. The van der Waals surface area contributed by atoms with Gasteiger partial charge in [0, 0.05) is 29.6 Å². The Morgan fingerprint density at radius 2 is 1.81 bits per heavy atom. The van der Waals surface area contributed by atoms with E-state index in [1.165, 1.54) is 12.1 Å². The zero-order valence-electron chi connectivity index (χ0n) is 21.0. The van der Waals surface area contributed by atoms with Crippen molar-refractivity contribution in [2.45, 2.75) is 13.1 Å². The molecule has 0 unspecified atom stereocenters. The molecule has 192 valence electrons. The number of nitrogen functional groups attached to an aromatic ring is 1. The summed E-state index contributed by atoms with van der Waals surface area (Å²) in [6.45, 7) is 5.39. The second-order valence-electron chi connectivity index (χ2n) is 9.44. The second-order valence-corrected chi connectivity index (χ2v) is 9.44. The summed E-state index contributed by atoms with van der Waals surface area (Å²) in [5, 5.41) is 11.4. The predicted octanol–water partition coefficient (Wildman–Crippen LogP) is 1.80. The summed E-state index contributed by atoms with van der Waals surface area (Å²) in [4.78, 5) is 13.3. The lowest BCUT2D eigenvalue weighted by molar-refractivity contribution is -0.0000166. The van der Waals surface area contributed by atoms with E-state index < -0.39 is 0 Å². The van der Waals surface area contributed by atoms with Crippen molar-refractivity contribution >= 4 is 28.3 Å². The standard InChI is InChI=1S/C29H30FN5O.ClH/c1-4-14-35(2,3)25-11-8-20(9-12-25)18-33-29(36)27-17-23-16-24(30)10-13-26(23)34(27)19-21-6-5-7-22(15-21)28(31)32;/h4-13,15-17H,1,14,18-19H2,2-3H3,(H3-,31,32,33,36);1H. The number of hydrogen-bond donors (Lipinski definition) is 3. The Morgan fingerprint density at radius 3 is 2.49 bits per heavy atom. The monoisotopic (exact) mass is 519 g/mol. The maximum atomic E-state index is 13.9. The van der Waals surface area contributed by atoms with E-state index in [1.807, 2.05) is 41.0 Å². The Morgan fingerprint density at radius 1 is 1.08 bits per heavy atom. The Hall–Kier alpha value is -3.94. The number of hydrogen-bond acceptors (Lipinski definition) is 2. The number of benzene rings is 3. The van der Waals surface area contributed by atoms with Crippen molar-refractivity contribution in [3.8, 4) is 0 Å². The third-order valence-corrected chi connectivity index (χ3v) is 6.35. The van der Waals surface area contributed by atoms with Crippen LogP contribution in [0.2, 0.25) is 0 Å². The fourth-order valence-electron chi connectivity index (χ4n) is 4.34. The third kappa shape index (κ3) is 6.25. The van der Waals surface area contributed by atoms with E-state index in [-0.39, 0.29) is 30.0 Å². The minimum atomic E-state index is -0.358. The lowest BCUT2D eigenvalue weighted by Gasteiger charge is -2.27. The summed E-state index contributed by atoms with van der Waals surface area (Å²) in [5.41, 5.74) is 10.5. The Balaban J connectivity index is 0.00000380. The summed E-state index contributed by atoms with van der Waals surface area (Å²) < 4.78 is 16.5. The van der Waals surface area contributed by atoms with Crippen LogP contribution in [0.3, 0.4) is 0 Å². The molecule has 4 rings (SSSR count). The first-order valence-corrected chi connectivity index (χ1v) is 11.7. The van der Waals surface area contributed by atoms with Crippen molar-refractivity contribution in [3.05, 3.63) is 114 Å². The van der Waals surface area contributed by atoms with Gasteiger partial charge in [-0.2, -0.15) is 0 Å². The molecule has 0 bridgehead atoms. The van der Waals surface area contributed by atoms with Gasteiger partial charge in [-0.1, -0.05) is 36.9 Å². The number of nitrogens with one attached hydrogen (secondary N) is 2. The first-order valence-electron chi connectivity index (χ1n) is 11.7. The highest BCUT2D eigenvalue weighted by molar-refractivity contribution is 5.99. The fraction of sp³-hybridized carbons (Fsp3) is 0.172. The Labute approximate surface area is 222 Å². The van der Waals surface area contributed by atoms with Crippen molar-refractivity contribution in [2.75, 3.05) is 20.6 Å². The van der Waals surface area contributed by atoms with Crippen molar-refractivity contribution in [2.24, 2.45) is 5.73 Å². The molecule has 0 spiro atoms. The molecule has 1 heterocycles. The van der Waals surface area contributed by atoms with Crippen LogP contribution in [-0.4, -0.2) is 36.9 Å². The van der Waals surface area contributed by atoms with Crippen LogP contribution in [0.5, 0.6) is 0 Å². The van der Waals surface area contributed by atoms with Crippen LogP contribution in [0.25, 0.3) is 10.9 Å². The van der Waals surface area contributed by atoms with Gasteiger partial charge in [0.1, 0.15) is 29.6 Å². The smallest absolute Gasteiger partial charge is 0.268 e. The van der Waals surface area contributed by atoms with Crippen LogP contribution >= 0.6 is 0 Å². The van der Waals surface area contributed by atoms with Gasteiger partial charge in [-0.25, -0.2) is 4.39 Å². The molecule has 0 radical (unpaired) electrons. The predicted molar refractivity (Wildman–Crippen MR) is 145 cm³/mol. The van der Waals surface area contributed by atoms with E-state index in [4.69, 9.17) is 11.1 Å². The van der Waals surface area contributed by atoms with Gasteiger partial charge in [0.15, 0.2) is 0 Å². The molecule has 4 aromatic rings. The van der Waals surface area contributed by atoms with E-state index >= 15 is 0 Å². The fourth-order valence-corrected chi connectivity index (χ4v) is 4.34. The van der Waals surface area contributed by atoms with Gasteiger partial charge in [0.05, 0.1) is 14.1 Å². The third-order valence-electron chi connectivity index (χ3n) is 6.35. The highest BCUT2D eigenvalue weighted by Crippen LogP contribution is 2.24. The van der Waals surface area contributed by atoms with Gasteiger partial charge in [-0.05, 0) is 59.7 Å². The first kappa shape index (κ1) is 27.6. The molecule has 1 aromatic heterocycles. The normalized spacial score (nSPS) is 11.1. The van der Waals surface area contributed by atoms with Gasteiger partial charge in [0.2, 0.25) is 0 Å². The molecular weight excluding hydrogens is 489 g/mol. The van der Waals surface area contributed by atoms with Gasteiger partial charge >= 0.3 is 0 Å². The van der Waals surface area contributed by atoms with Crippen LogP contribution in [0.4, 0.5) is 10.1 Å². The summed E-state index contributed by atoms with van der Waals surface area (Å²) in [5.74, 6) is -0.629. The molecule has 0 atom stereocenters. The van der Waals surface area contributed by atoms with E-state index in [1.54, 1.807) is 18.2 Å². The average molecular weight is 520 g/mol. The molecule has 4 N–H and O–H groups in total. The number of amides is 1. The van der Waals surface area contributed by atoms with Gasteiger partial charge in [-0.15, -0.1) is 0 Å². The average Bonchev–Trinajstić information content (AvgIpc) is 3.20. The van der Waals surface area contributed by atoms with Crippen LogP contribution < -0.4 is 27.9 Å². The molecule has 0 saturated carbocycles. The number of nitrogens with two attached hydrogens (primary N) is 1. The molecular formula is C29H31ClFN5O. The van der Waals surface area contributed by atoms with E-state index in [0.717, 1.165) is 28.9 Å². The summed E-state index contributed by atoms with van der Waals surface area (Å²) in [7, 11) is 4.23. The number of rotatable bonds is 9. The van der Waals surface area contributed by atoms with Crippen molar-refractivity contribution < 1.29 is 21.6 Å². The van der Waals surface area contributed by atoms with Crippen LogP contribution in [-0.2, 0) is 13.1 Å². The molecule has 0 fully saturated rings. The zero-order chi connectivity index (χ0) is 25.9. The molecule has 8 heteroatoms. The summed E-state index contributed by atoms with van der Waals surface area (Å²) >= 11 is 0. The lowest BCUT2D eigenvalue weighted by Crippen LogP contribution is -3.00. The van der Waals surface area contributed by atoms with E-state index in [2.05, 4.69) is 38.1 Å². The van der Waals surface area contributed by atoms with Crippen molar-refractivity contribution in [1.82, 2.24) is 14.4 Å². The number of carbonyl (C=O) groups is 1. The number of nitrogens with zero attached hydrogens (tertiary/aromatic N) is 2. The molecule has 0 aliphatic heterocycles. The van der Waals surface area contributed by atoms with Crippen molar-refractivity contribution in [1.29, 1.82) is 5.41 Å². The molecule has 37 heavy (non-hydrogen) atoms. The molecule has 0 aliphatic rings. The first-order chi connectivity index (χ1) is 17.2. The van der Waals surface area contributed by atoms with Gasteiger partial charge < -0.3 is 28.0 Å². The molecule has 3 aromatic carbocycles. The largest absolute Gasteiger partial charge is 1.00 e. The summed E-state index contributed by atoms with van der Waals surface area (Å²) in [6.07, 6.45) is 1.90. The van der Waals surface area contributed by atoms with Crippen LogP contribution in [0.15, 0.2) is 85.5 Å². The van der Waals surface area contributed by atoms with Crippen LogP contribution in [0, 0.1) is 11.2 Å². The van der Waals surface area contributed by atoms with E-state index in [9.17, 15) is 9.18 Å². The number of halogens is 2. The van der Waals surface area contributed by atoms with E-state index in [0.29, 0.717) is 34.2 Å². The van der Waals surface area contributed by atoms with Crippen LogP contribution in [0.1, 0.15) is 27.2 Å². The molecule has 1 amide bonds. The topological polar surface area (TPSA) is 83.9 Å². The number of amidine groups is 1. The number of quaternary nitrogens is 1. The van der Waals surface area contributed by atoms with Gasteiger partial charge in [-0.3, -0.25) is 14.7 Å². The number of fused-ring (bicyclic) bond motifs is 1. The molecule has 6 nitrogen and oxygen atoms in total. The highest BCUT2D eigenvalue weighted by Gasteiger charge is 2.18. The summed E-state index contributed by atoms with van der Waals surface area (Å²) in [6, 6.07) is 21.7. The molecule has 0 saturated heterocycles. The van der Waals surface area contributed by atoms with Crippen molar-refractivity contribution in [3.63, 3.8) is 0 Å². The minimum absolute atomic E-state index is 0. The second kappa shape index (κ2) is 11.4. The number of aromatic nitrogens is 1. The molecule has 0 aliphatic carbocycles. The SMILES string of the molecule is C=CC[N+](C)(C)c1ccc(CNC(=O)c2cc3cc(F)ccc3n2Cc2cccc(C(=N)N)c2)cc1.[Cl-]. The maximum Gasteiger partial charge on any atom is 0.268 e. The number of likely N-dealkylation sites (N-methyl/N-ethyl adjacent to an activating group) is 1. The Bertz CT molecular complexity index is 1440. The highest BCUT2D eigenvalue weighted by atomic mass is 35.5. The van der Waals surface area contributed by atoms with Gasteiger partial charge in [0.25, 0.3) is 5.91 Å². The zero-order valence-corrected chi connectivity index (χ0v) is 21.7. The maximum absolute atomic E-state index is 13.9.